The minimum atomic E-state index is -4.02. The molecule has 0 aliphatic rings. The van der Waals surface area contributed by atoms with Crippen LogP contribution in [0.5, 0.6) is 5.75 Å². The van der Waals surface area contributed by atoms with E-state index in [0.29, 0.717) is 35.2 Å². The smallest absolute Gasteiger partial charge is 0.296 e. The summed E-state index contributed by atoms with van der Waals surface area (Å²) >= 11 is 0. The summed E-state index contributed by atoms with van der Waals surface area (Å²) < 4.78 is 53.4. The van der Waals surface area contributed by atoms with E-state index >= 15 is 0 Å². The second kappa shape index (κ2) is 14.2. The molecule has 4 aromatic rings. The summed E-state index contributed by atoms with van der Waals surface area (Å²) in [6, 6.07) is 20.4. The van der Waals surface area contributed by atoms with E-state index in [-0.39, 0.29) is 30.0 Å². The molecule has 3 aromatic carbocycles. The van der Waals surface area contributed by atoms with E-state index in [1.165, 1.54) is 12.1 Å². The van der Waals surface area contributed by atoms with E-state index in [0.717, 1.165) is 11.1 Å². The number of aromatic nitrogens is 1. The molecule has 5 N–H and O–H groups in total. The molecule has 10 nitrogen and oxygen atoms in total. The van der Waals surface area contributed by atoms with Gasteiger partial charge in [0.25, 0.3) is 16.1 Å². The van der Waals surface area contributed by atoms with Gasteiger partial charge in [0.2, 0.25) is 5.91 Å². The lowest BCUT2D eigenvalue weighted by atomic mass is 10.1. The van der Waals surface area contributed by atoms with Crippen molar-refractivity contribution in [3.63, 3.8) is 0 Å². The van der Waals surface area contributed by atoms with Gasteiger partial charge in [-0.3, -0.25) is 9.35 Å². The number of nitrogens with two attached hydrogens (primary N) is 1. The first-order chi connectivity index (χ1) is 19.1. The third-order valence-electron chi connectivity index (χ3n) is 5.66. The number of amides is 1. The number of likely N-dealkylation sites (N-methyl/N-ethyl adjacent to an activating group) is 1. The average molecular weight is 571 g/mol. The van der Waals surface area contributed by atoms with E-state index in [2.05, 4.69) is 15.6 Å². The van der Waals surface area contributed by atoms with Crippen LogP contribution in [0.1, 0.15) is 11.1 Å². The summed E-state index contributed by atoms with van der Waals surface area (Å²) in [6.07, 6.45) is 0.922. The second-order valence-corrected chi connectivity index (χ2v) is 10.1. The molecule has 0 radical (unpaired) electrons. The number of benzene rings is 3. The van der Waals surface area contributed by atoms with Crippen LogP contribution in [0.2, 0.25) is 0 Å². The molecule has 0 aliphatic carbocycles. The Morgan fingerprint density at radius 3 is 2.45 bits per heavy atom. The van der Waals surface area contributed by atoms with E-state index in [9.17, 15) is 17.6 Å². The number of fused-ring (bicyclic) bond motifs is 1. The van der Waals surface area contributed by atoms with Gasteiger partial charge in [-0.15, -0.1) is 0 Å². The first kappa shape index (κ1) is 30.3. The molecule has 0 fully saturated rings. The molecule has 1 aromatic heterocycles. The Morgan fingerprint density at radius 2 is 1.85 bits per heavy atom. The largest absolute Gasteiger partial charge is 0.489 e. The van der Waals surface area contributed by atoms with Crippen molar-refractivity contribution in [2.24, 2.45) is 5.73 Å². The van der Waals surface area contributed by atoms with Crippen LogP contribution in [0, 0.1) is 6.92 Å². The van der Waals surface area contributed by atoms with Gasteiger partial charge < -0.3 is 25.5 Å². The molecule has 1 atom stereocenters. The Balaban J connectivity index is 0.000000336. The Morgan fingerprint density at radius 1 is 1.15 bits per heavy atom. The van der Waals surface area contributed by atoms with E-state index < -0.39 is 16.2 Å². The summed E-state index contributed by atoms with van der Waals surface area (Å²) in [5.41, 5.74) is 8.83. The summed E-state index contributed by atoms with van der Waals surface area (Å²) in [7, 11) is -2.44. The summed E-state index contributed by atoms with van der Waals surface area (Å²) in [5, 5.41) is 5.70. The van der Waals surface area contributed by atoms with Gasteiger partial charge in [0.05, 0.1) is 11.2 Å². The number of rotatable bonds is 10. The van der Waals surface area contributed by atoms with Crippen molar-refractivity contribution in [1.29, 1.82) is 0 Å². The van der Waals surface area contributed by atoms with Crippen molar-refractivity contribution in [1.82, 2.24) is 10.3 Å². The monoisotopic (exact) mass is 570 g/mol. The molecule has 0 saturated heterocycles. The predicted molar refractivity (Wildman–Crippen MR) is 150 cm³/mol. The molecule has 212 valence electrons. The molecular weight excluding hydrogens is 539 g/mol. The number of anilines is 1. The molecule has 0 aliphatic heterocycles. The van der Waals surface area contributed by atoms with Crippen molar-refractivity contribution < 1.29 is 31.3 Å². The number of nitrogens with one attached hydrogen (secondary N) is 2. The van der Waals surface area contributed by atoms with Crippen LogP contribution in [-0.4, -0.2) is 50.1 Å². The van der Waals surface area contributed by atoms with Crippen LogP contribution < -0.4 is 21.1 Å². The third-order valence-corrected chi connectivity index (χ3v) is 6.53. The first-order valence-corrected chi connectivity index (χ1v) is 13.6. The summed E-state index contributed by atoms with van der Waals surface area (Å²) in [6.45, 7) is 1.97. The maximum Gasteiger partial charge on any atom is 0.296 e. The van der Waals surface area contributed by atoms with Gasteiger partial charge in [0.1, 0.15) is 23.9 Å². The van der Waals surface area contributed by atoms with Crippen molar-refractivity contribution >= 4 is 33.1 Å². The van der Waals surface area contributed by atoms with Gasteiger partial charge in [0.15, 0.2) is 5.58 Å². The quantitative estimate of drug-likeness (QED) is 0.207. The number of carbonyl (C=O) groups is 1. The van der Waals surface area contributed by atoms with Gasteiger partial charge in [-0.25, -0.2) is 4.39 Å². The van der Waals surface area contributed by atoms with Crippen LogP contribution in [0.4, 0.5) is 10.4 Å². The van der Waals surface area contributed by atoms with Crippen molar-refractivity contribution in [2.75, 3.05) is 25.5 Å². The van der Waals surface area contributed by atoms with Crippen LogP contribution in [0.3, 0.4) is 0 Å². The number of aryl methyl sites for hydroxylation is 1. The molecular formula is C28H31FN4O6S. The zero-order chi connectivity index (χ0) is 29.1. The van der Waals surface area contributed by atoms with Gasteiger partial charge in [-0.05, 0) is 36.8 Å². The summed E-state index contributed by atoms with van der Waals surface area (Å²) in [4.78, 5) is 16.6. The third kappa shape index (κ3) is 8.90. The molecule has 4 rings (SSSR count). The zero-order valence-electron chi connectivity index (χ0n) is 22.0. The molecule has 1 amide bonds. The average Bonchev–Trinajstić information content (AvgIpc) is 3.35. The Bertz CT molecular complexity index is 1540. The van der Waals surface area contributed by atoms with Crippen LogP contribution in [-0.2, 0) is 21.3 Å². The fourth-order valence-corrected chi connectivity index (χ4v) is 3.94. The Hall–Kier alpha value is -4.26. The number of halogens is 1. The summed E-state index contributed by atoms with van der Waals surface area (Å²) in [5.74, 6) is 0.326. The zero-order valence-corrected chi connectivity index (χ0v) is 22.8. The lowest BCUT2D eigenvalue weighted by Gasteiger charge is -2.15. The van der Waals surface area contributed by atoms with Crippen molar-refractivity contribution in [3.05, 3.63) is 95.8 Å². The fraction of sp³-hybridized carbons (Fsp3) is 0.214. The van der Waals surface area contributed by atoms with Crippen LogP contribution >= 0.6 is 0 Å². The van der Waals surface area contributed by atoms with E-state index in [1.54, 1.807) is 37.4 Å². The highest BCUT2D eigenvalue weighted by atomic mass is 32.2. The number of hydrogen-bond acceptors (Lipinski definition) is 8. The fourth-order valence-electron chi connectivity index (χ4n) is 3.46. The highest BCUT2D eigenvalue weighted by molar-refractivity contribution is 7.85. The highest BCUT2D eigenvalue weighted by Crippen LogP contribution is 2.25. The van der Waals surface area contributed by atoms with Crippen molar-refractivity contribution in [3.8, 4) is 5.75 Å². The van der Waals surface area contributed by atoms with Gasteiger partial charge in [-0.2, -0.15) is 13.4 Å². The molecule has 0 unspecified atom stereocenters. The number of ether oxygens (including phenoxy) is 1. The number of oxazole rings is 1. The molecule has 0 saturated carbocycles. The van der Waals surface area contributed by atoms with Gasteiger partial charge >= 0.3 is 0 Å². The molecule has 0 spiro atoms. The Kier molecular flexibility index (Phi) is 10.8. The first-order valence-electron chi connectivity index (χ1n) is 12.2. The number of hydrogen-bond donors (Lipinski definition) is 4. The van der Waals surface area contributed by atoms with E-state index in [1.807, 2.05) is 37.3 Å². The standard InChI is InChI=1S/C21H23FN4O3.C7H8O3S/c1-24-20(27)18(9-14-5-3-2-4-6-14)26-21-25-17-8-7-16(10-19(17)29-21)28-13-15(11-22)12-23;1-6-2-4-7(5-3-6)11(8,9)10/h2-8,10-11,18H,9,12-13,23H2,1H3,(H,24,27)(H,25,26);2-5H,1H3,(H,8,9,10)/b15-11-;/t18-;/m0./s1. The molecule has 12 heteroatoms. The second-order valence-electron chi connectivity index (χ2n) is 8.70. The highest BCUT2D eigenvalue weighted by Gasteiger charge is 2.20. The normalized spacial score (nSPS) is 12.3. The molecule has 40 heavy (non-hydrogen) atoms. The maximum atomic E-state index is 12.6. The minimum Gasteiger partial charge on any atom is -0.489 e. The number of carbonyl (C=O) groups excluding carboxylic acids is 1. The maximum absolute atomic E-state index is 12.6. The molecule has 1 heterocycles. The lowest BCUT2D eigenvalue weighted by molar-refractivity contribution is -0.121. The van der Waals surface area contributed by atoms with Crippen LogP contribution in [0.25, 0.3) is 11.1 Å². The Labute approximate surface area is 231 Å². The van der Waals surface area contributed by atoms with Crippen LogP contribution in [0.15, 0.2) is 94.0 Å². The topological polar surface area (TPSA) is 157 Å². The number of nitrogens with zero attached hydrogens (tertiary/aromatic N) is 1. The van der Waals surface area contributed by atoms with E-state index in [4.69, 9.17) is 19.4 Å². The SMILES string of the molecule is CNC(=O)[C@H](Cc1ccccc1)Nc1nc2ccc(OC/C(=C\F)CN)cc2o1.Cc1ccc(S(=O)(=O)O)cc1. The predicted octanol–water partition coefficient (Wildman–Crippen LogP) is 4.03. The minimum absolute atomic E-state index is 0.0492. The lowest BCUT2D eigenvalue weighted by Crippen LogP contribution is -2.39. The van der Waals surface area contributed by atoms with Gasteiger partial charge in [0, 0.05) is 31.7 Å². The van der Waals surface area contributed by atoms with Gasteiger partial charge in [-0.1, -0.05) is 48.0 Å². The molecule has 0 bridgehead atoms. The van der Waals surface area contributed by atoms with Crippen molar-refractivity contribution in [2.45, 2.75) is 24.3 Å².